The molecule has 1 aliphatic carbocycles. The van der Waals surface area contributed by atoms with E-state index in [9.17, 15) is 13.2 Å². The number of nitrogens with zero attached hydrogens (tertiary/aromatic N) is 5. The number of halogens is 3. The van der Waals surface area contributed by atoms with E-state index in [4.69, 9.17) is 5.10 Å². The summed E-state index contributed by atoms with van der Waals surface area (Å²) in [4.78, 5) is 13.6. The molecule has 0 fully saturated rings. The Morgan fingerprint density at radius 1 is 1.16 bits per heavy atom. The number of aromatic nitrogens is 5. The summed E-state index contributed by atoms with van der Waals surface area (Å²) in [6, 6.07) is 8.68. The number of H-pyrrole nitrogens is 1. The van der Waals surface area contributed by atoms with Gasteiger partial charge in [-0.3, -0.25) is 0 Å². The molecule has 9 heteroatoms. The molecule has 1 N–H and O–H groups in total. The zero-order valence-corrected chi connectivity index (χ0v) is 21.4. The van der Waals surface area contributed by atoms with Crippen molar-refractivity contribution in [3.05, 3.63) is 93.8 Å². The first-order valence-electron chi connectivity index (χ1n) is 13.0. The zero-order valence-electron chi connectivity index (χ0n) is 21.4. The second-order valence-electron chi connectivity index (χ2n) is 10.6. The van der Waals surface area contributed by atoms with Gasteiger partial charge >= 0.3 is 6.18 Å². The number of aryl methyl sites for hydroxylation is 1. The second-order valence-corrected chi connectivity index (χ2v) is 10.6. The van der Waals surface area contributed by atoms with Gasteiger partial charge in [0, 0.05) is 60.8 Å². The van der Waals surface area contributed by atoms with E-state index >= 15 is 0 Å². The van der Waals surface area contributed by atoms with Crippen molar-refractivity contribution in [2.75, 3.05) is 11.4 Å². The summed E-state index contributed by atoms with van der Waals surface area (Å²) in [7, 11) is 0. The van der Waals surface area contributed by atoms with Crippen LogP contribution in [0.2, 0.25) is 0 Å². The van der Waals surface area contributed by atoms with Crippen molar-refractivity contribution in [1.82, 2.24) is 24.7 Å². The molecule has 0 saturated heterocycles. The predicted molar refractivity (Wildman–Crippen MR) is 138 cm³/mol. The minimum Gasteiger partial charge on any atom is -0.364 e. The van der Waals surface area contributed by atoms with Crippen LogP contribution in [0.3, 0.4) is 0 Å². The van der Waals surface area contributed by atoms with E-state index in [0.29, 0.717) is 25.5 Å². The summed E-state index contributed by atoms with van der Waals surface area (Å²) in [5.41, 5.74) is 9.26. The van der Waals surface area contributed by atoms with Crippen molar-refractivity contribution in [3.63, 3.8) is 0 Å². The summed E-state index contributed by atoms with van der Waals surface area (Å²) < 4.78 is 41.4. The summed E-state index contributed by atoms with van der Waals surface area (Å²) >= 11 is 0. The monoisotopic (exact) mass is 516 g/mol. The Balaban J connectivity index is 1.43. The molecule has 3 aliphatic rings. The standard InChI is InChI=1S/C29H27F3N6/c1-4-17-6-5-7-19-22-12-16(2)24-21(8-10-33-24)28(22,3)26-20-15-37(11-9-23(20)36-38(26)25(17)19)27-34-13-18(14-35-27)29(30,31)32/h5-8,10,12-14,16,33H,4,9,11,15H2,1-3H3. The Kier molecular flexibility index (Phi) is 4.78. The minimum atomic E-state index is -4.47. The number of allylic oxidation sites excluding steroid dienone is 2. The van der Waals surface area contributed by atoms with Crippen LogP contribution in [0.1, 0.15) is 71.6 Å². The summed E-state index contributed by atoms with van der Waals surface area (Å²) in [5, 5.41) is 5.19. The number of fused-ring (bicyclic) bond motifs is 10. The fraction of sp³-hybridized carbons (Fsp3) is 0.345. The third-order valence-electron chi connectivity index (χ3n) is 8.49. The number of para-hydroxylation sites is 1. The maximum absolute atomic E-state index is 13.1. The molecule has 0 bridgehead atoms. The highest BCUT2D eigenvalue weighted by Gasteiger charge is 2.49. The van der Waals surface area contributed by atoms with Crippen molar-refractivity contribution in [3.8, 4) is 5.69 Å². The van der Waals surface area contributed by atoms with Crippen LogP contribution in [0.4, 0.5) is 19.1 Å². The molecular formula is C29H27F3N6. The lowest BCUT2D eigenvalue weighted by molar-refractivity contribution is -0.138. The van der Waals surface area contributed by atoms with Gasteiger partial charge in [-0.05, 0) is 36.1 Å². The first-order chi connectivity index (χ1) is 18.2. The maximum atomic E-state index is 13.1. The van der Waals surface area contributed by atoms with Crippen LogP contribution in [0.5, 0.6) is 0 Å². The number of hydrogen-bond acceptors (Lipinski definition) is 4. The zero-order chi connectivity index (χ0) is 26.4. The van der Waals surface area contributed by atoms with Crippen LogP contribution in [-0.4, -0.2) is 31.3 Å². The largest absolute Gasteiger partial charge is 0.419 e. The Labute approximate surface area is 218 Å². The summed E-state index contributed by atoms with van der Waals surface area (Å²) in [6.45, 7) is 7.73. The van der Waals surface area contributed by atoms with Gasteiger partial charge in [0.05, 0.1) is 28.1 Å². The molecule has 0 radical (unpaired) electrons. The molecule has 5 heterocycles. The molecule has 2 unspecified atom stereocenters. The van der Waals surface area contributed by atoms with Crippen molar-refractivity contribution in [2.24, 2.45) is 0 Å². The van der Waals surface area contributed by atoms with Gasteiger partial charge in [0.15, 0.2) is 0 Å². The van der Waals surface area contributed by atoms with Gasteiger partial charge in [-0.15, -0.1) is 0 Å². The van der Waals surface area contributed by atoms with Gasteiger partial charge in [0.2, 0.25) is 5.95 Å². The number of hydrogen-bond donors (Lipinski definition) is 1. The van der Waals surface area contributed by atoms with Crippen molar-refractivity contribution >= 4 is 11.5 Å². The van der Waals surface area contributed by atoms with Crippen LogP contribution >= 0.6 is 0 Å². The summed E-state index contributed by atoms with van der Waals surface area (Å²) in [6.07, 6.45) is 3.20. The number of aromatic amines is 1. The lowest BCUT2D eigenvalue weighted by Gasteiger charge is -2.43. The van der Waals surface area contributed by atoms with E-state index in [-0.39, 0.29) is 5.92 Å². The van der Waals surface area contributed by atoms with Gasteiger partial charge in [-0.1, -0.05) is 38.1 Å². The molecule has 0 spiro atoms. The molecule has 2 atom stereocenters. The minimum absolute atomic E-state index is 0.239. The van der Waals surface area contributed by atoms with Gasteiger partial charge < -0.3 is 9.88 Å². The highest BCUT2D eigenvalue weighted by molar-refractivity contribution is 5.89. The number of anilines is 1. The van der Waals surface area contributed by atoms with E-state index in [1.54, 1.807) is 0 Å². The number of alkyl halides is 3. The topological polar surface area (TPSA) is 62.6 Å². The molecule has 7 rings (SSSR count). The van der Waals surface area contributed by atoms with E-state index in [1.165, 1.54) is 28.0 Å². The molecule has 6 nitrogen and oxygen atoms in total. The Hall–Kier alpha value is -3.88. The molecule has 4 aromatic rings. The van der Waals surface area contributed by atoms with Crippen molar-refractivity contribution < 1.29 is 13.2 Å². The van der Waals surface area contributed by atoms with E-state index in [2.05, 4.69) is 70.7 Å². The average molecular weight is 517 g/mol. The van der Waals surface area contributed by atoms with E-state index in [1.807, 2.05) is 11.1 Å². The predicted octanol–water partition coefficient (Wildman–Crippen LogP) is 5.95. The third kappa shape index (κ3) is 3.04. The average Bonchev–Trinajstić information content (AvgIpc) is 3.56. The summed E-state index contributed by atoms with van der Waals surface area (Å²) in [5.74, 6) is 0.540. The van der Waals surface area contributed by atoms with E-state index in [0.717, 1.165) is 41.5 Å². The lowest BCUT2D eigenvalue weighted by Crippen LogP contribution is -2.39. The van der Waals surface area contributed by atoms with Crippen LogP contribution in [0.15, 0.2) is 48.9 Å². The second kappa shape index (κ2) is 7.82. The Morgan fingerprint density at radius 3 is 2.68 bits per heavy atom. The molecule has 1 aromatic carbocycles. The molecule has 2 aliphatic heterocycles. The molecule has 0 saturated carbocycles. The maximum Gasteiger partial charge on any atom is 0.419 e. The molecule has 0 amide bonds. The Morgan fingerprint density at radius 2 is 1.95 bits per heavy atom. The highest BCUT2D eigenvalue weighted by Crippen LogP contribution is 2.56. The van der Waals surface area contributed by atoms with Crippen molar-refractivity contribution in [1.29, 1.82) is 0 Å². The Bertz CT molecular complexity index is 1610. The van der Waals surface area contributed by atoms with Gasteiger partial charge in [0.25, 0.3) is 0 Å². The number of rotatable bonds is 2. The fourth-order valence-corrected chi connectivity index (χ4v) is 6.65. The number of benzene rings is 1. The molecule has 3 aromatic heterocycles. The van der Waals surface area contributed by atoms with Crippen LogP contribution in [-0.2, 0) is 31.0 Å². The van der Waals surface area contributed by atoms with Gasteiger partial charge in [0.1, 0.15) is 0 Å². The van der Waals surface area contributed by atoms with Crippen LogP contribution in [0, 0.1) is 0 Å². The number of nitrogens with one attached hydrogen (secondary N) is 1. The highest BCUT2D eigenvalue weighted by atomic mass is 19.4. The van der Waals surface area contributed by atoms with Crippen LogP contribution in [0.25, 0.3) is 11.3 Å². The normalized spacial score (nSPS) is 21.7. The van der Waals surface area contributed by atoms with E-state index < -0.39 is 17.2 Å². The smallest absolute Gasteiger partial charge is 0.364 e. The quantitative estimate of drug-likeness (QED) is 0.358. The van der Waals surface area contributed by atoms with Crippen LogP contribution < -0.4 is 4.90 Å². The molecule has 194 valence electrons. The van der Waals surface area contributed by atoms with Crippen molar-refractivity contribution in [2.45, 2.75) is 57.7 Å². The molecular weight excluding hydrogens is 489 g/mol. The molecule has 38 heavy (non-hydrogen) atoms. The first-order valence-corrected chi connectivity index (χ1v) is 13.0. The third-order valence-corrected chi connectivity index (χ3v) is 8.49. The lowest BCUT2D eigenvalue weighted by atomic mass is 9.63. The van der Waals surface area contributed by atoms with Gasteiger partial charge in [-0.25, -0.2) is 14.6 Å². The van der Waals surface area contributed by atoms with Gasteiger partial charge in [-0.2, -0.15) is 18.3 Å². The SMILES string of the molecule is CCc1cccc2c1-n1nc3c(c1C1(C)C2=CC(C)c2[nH]ccc21)CN(c1ncc(C(F)(F)F)cn1)CC3. The first kappa shape index (κ1) is 23.3. The fourth-order valence-electron chi connectivity index (χ4n) is 6.65.